The second-order valence-electron chi connectivity index (χ2n) is 4.17. The van der Waals surface area contributed by atoms with Crippen molar-refractivity contribution in [1.29, 1.82) is 0 Å². The zero-order valence-electron chi connectivity index (χ0n) is 9.25. The van der Waals surface area contributed by atoms with E-state index in [1.807, 2.05) is 0 Å². The lowest BCUT2D eigenvalue weighted by Gasteiger charge is -2.25. The number of carbonyl (C=O) groups is 1. The molecular weight excluding hydrogens is 172 g/mol. The smallest absolute Gasteiger partial charge is 0.130 e. The molecule has 0 aliphatic heterocycles. The number of carbonyl (C=O) groups excluding carboxylic acids is 1. The van der Waals surface area contributed by atoms with Crippen molar-refractivity contribution in [3.05, 3.63) is 23.8 Å². The van der Waals surface area contributed by atoms with E-state index >= 15 is 0 Å². The minimum atomic E-state index is -0.189. The van der Waals surface area contributed by atoms with E-state index in [-0.39, 0.29) is 5.41 Å². The first-order chi connectivity index (χ1) is 6.76. The van der Waals surface area contributed by atoms with Gasteiger partial charge in [-0.25, -0.2) is 0 Å². The lowest BCUT2D eigenvalue weighted by molar-refractivity contribution is -0.114. The monoisotopic (exact) mass is 192 g/mol. The Labute approximate surface area is 86.9 Å². The van der Waals surface area contributed by atoms with E-state index in [2.05, 4.69) is 32.1 Å². The molecule has 0 N–H and O–H groups in total. The van der Waals surface area contributed by atoms with E-state index < -0.39 is 0 Å². The lowest BCUT2D eigenvalue weighted by Crippen LogP contribution is -2.20. The number of hydrogen-bond donors (Lipinski definition) is 0. The maximum absolute atomic E-state index is 11.1. The van der Waals surface area contributed by atoms with E-state index in [1.54, 1.807) is 0 Å². The summed E-state index contributed by atoms with van der Waals surface area (Å²) < 4.78 is 0. The summed E-state index contributed by atoms with van der Waals surface area (Å²) in [5.74, 6) is 0. The fraction of sp³-hybridized carbons (Fsp3) is 0.615. The molecule has 0 amide bonds. The molecule has 0 bridgehead atoms. The molecule has 0 saturated carbocycles. The second-order valence-corrected chi connectivity index (χ2v) is 4.17. The number of aldehydes is 1. The molecule has 0 spiro atoms. The Balaban J connectivity index is 2.64. The van der Waals surface area contributed by atoms with Gasteiger partial charge in [0.1, 0.15) is 6.29 Å². The summed E-state index contributed by atoms with van der Waals surface area (Å²) in [5.41, 5.74) is 1.20. The highest BCUT2D eigenvalue weighted by Gasteiger charge is 2.26. The molecule has 0 fully saturated rings. The molecule has 14 heavy (non-hydrogen) atoms. The van der Waals surface area contributed by atoms with Gasteiger partial charge in [-0.2, -0.15) is 0 Å². The first kappa shape index (κ1) is 11.2. The lowest BCUT2D eigenvalue weighted by atomic mass is 9.77. The first-order valence-corrected chi connectivity index (χ1v) is 5.61. The number of rotatable bonds is 5. The van der Waals surface area contributed by atoms with Crippen LogP contribution in [-0.4, -0.2) is 6.29 Å². The van der Waals surface area contributed by atoms with Gasteiger partial charge in [0.15, 0.2) is 0 Å². The Hall–Kier alpha value is -0.850. The molecule has 0 aromatic rings. The van der Waals surface area contributed by atoms with Crippen molar-refractivity contribution in [2.75, 3.05) is 0 Å². The van der Waals surface area contributed by atoms with Crippen LogP contribution in [0.4, 0.5) is 0 Å². The Morgan fingerprint density at radius 2 is 2.21 bits per heavy atom. The van der Waals surface area contributed by atoms with E-state index in [0.717, 1.165) is 32.0 Å². The van der Waals surface area contributed by atoms with Gasteiger partial charge in [0, 0.05) is 5.41 Å². The van der Waals surface area contributed by atoms with Gasteiger partial charge in [-0.05, 0) is 19.3 Å². The predicted octanol–water partition coefficient (Wildman–Crippen LogP) is 3.66. The minimum absolute atomic E-state index is 0.189. The van der Waals surface area contributed by atoms with Crippen LogP contribution in [-0.2, 0) is 4.79 Å². The third-order valence-electron chi connectivity index (χ3n) is 2.86. The van der Waals surface area contributed by atoms with Crippen molar-refractivity contribution < 1.29 is 4.79 Å². The highest BCUT2D eigenvalue weighted by molar-refractivity contribution is 5.64. The van der Waals surface area contributed by atoms with Crippen LogP contribution in [0, 0.1) is 5.41 Å². The first-order valence-electron chi connectivity index (χ1n) is 5.61. The number of hydrogen-bond acceptors (Lipinski definition) is 1. The Morgan fingerprint density at radius 3 is 2.64 bits per heavy atom. The zero-order valence-corrected chi connectivity index (χ0v) is 9.25. The van der Waals surface area contributed by atoms with Gasteiger partial charge in [-0.3, -0.25) is 0 Å². The molecule has 0 saturated heterocycles. The van der Waals surface area contributed by atoms with Crippen LogP contribution in [0.15, 0.2) is 23.8 Å². The van der Waals surface area contributed by atoms with E-state index in [9.17, 15) is 4.79 Å². The van der Waals surface area contributed by atoms with Crippen molar-refractivity contribution in [1.82, 2.24) is 0 Å². The van der Waals surface area contributed by atoms with Gasteiger partial charge in [-0.15, -0.1) is 0 Å². The van der Waals surface area contributed by atoms with Crippen molar-refractivity contribution in [2.24, 2.45) is 5.41 Å². The average molecular weight is 192 g/mol. The van der Waals surface area contributed by atoms with Crippen molar-refractivity contribution >= 4 is 6.29 Å². The largest absolute Gasteiger partial charge is 0.302 e. The summed E-state index contributed by atoms with van der Waals surface area (Å²) in [7, 11) is 0. The standard InChI is InChI=1S/C13H20O/c1-3-5-12-6-9-13(11-14,8-4-2)10-7-12/h6-7,9,11H,3-5,8,10H2,1-2H3. The molecule has 1 aliphatic rings. The fourth-order valence-corrected chi connectivity index (χ4v) is 2.00. The van der Waals surface area contributed by atoms with E-state index in [4.69, 9.17) is 0 Å². The van der Waals surface area contributed by atoms with Crippen LogP contribution in [0.1, 0.15) is 46.0 Å². The maximum Gasteiger partial charge on any atom is 0.130 e. The molecule has 1 heteroatoms. The normalized spacial score (nSPS) is 26.0. The van der Waals surface area contributed by atoms with Crippen LogP contribution in [0.3, 0.4) is 0 Å². The van der Waals surface area contributed by atoms with Crippen LogP contribution in [0.2, 0.25) is 0 Å². The third-order valence-corrected chi connectivity index (χ3v) is 2.86. The molecule has 0 aromatic carbocycles. The van der Waals surface area contributed by atoms with Crippen LogP contribution >= 0.6 is 0 Å². The van der Waals surface area contributed by atoms with Crippen molar-refractivity contribution in [2.45, 2.75) is 46.0 Å². The van der Waals surface area contributed by atoms with Crippen LogP contribution < -0.4 is 0 Å². The van der Waals surface area contributed by atoms with Gasteiger partial charge in [0.2, 0.25) is 0 Å². The maximum atomic E-state index is 11.1. The van der Waals surface area contributed by atoms with Crippen LogP contribution in [0.5, 0.6) is 0 Å². The van der Waals surface area contributed by atoms with Gasteiger partial charge in [0.25, 0.3) is 0 Å². The van der Waals surface area contributed by atoms with Crippen molar-refractivity contribution in [3.63, 3.8) is 0 Å². The average Bonchev–Trinajstić information content (AvgIpc) is 2.22. The van der Waals surface area contributed by atoms with Gasteiger partial charge < -0.3 is 4.79 Å². The molecular formula is C13H20O. The number of allylic oxidation sites excluding steroid dienone is 4. The quantitative estimate of drug-likeness (QED) is 0.607. The van der Waals surface area contributed by atoms with E-state index in [0.29, 0.717) is 0 Å². The summed E-state index contributed by atoms with van der Waals surface area (Å²) in [5, 5.41) is 0. The van der Waals surface area contributed by atoms with Crippen LogP contribution in [0.25, 0.3) is 0 Å². The van der Waals surface area contributed by atoms with Gasteiger partial charge in [-0.1, -0.05) is 50.5 Å². The molecule has 1 rings (SSSR count). The topological polar surface area (TPSA) is 17.1 Å². The SMILES string of the molecule is CCCC1=CCC(C=O)(CCC)C=C1. The molecule has 1 aliphatic carbocycles. The van der Waals surface area contributed by atoms with E-state index in [1.165, 1.54) is 12.0 Å². The Bertz CT molecular complexity index is 250. The molecule has 1 atom stereocenters. The fourth-order valence-electron chi connectivity index (χ4n) is 2.00. The van der Waals surface area contributed by atoms with Gasteiger partial charge >= 0.3 is 0 Å². The summed E-state index contributed by atoms with van der Waals surface area (Å²) in [4.78, 5) is 11.1. The molecule has 0 radical (unpaired) electrons. The summed E-state index contributed by atoms with van der Waals surface area (Å²) in [6.45, 7) is 4.31. The van der Waals surface area contributed by atoms with Crippen molar-refractivity contribution in [3.8, 4) is 0 Å². The third kappa shape index (κ3) is 2.57. The Morgan fingerprint density at radius 1 is 1.43 bits per heavy atom. The molecule has 1 unspecified atom stereocenters. The molecule has 78 valence electrons. The molecule has 0 heterocycles. The zero-order chi connectivity index (χ0) is 10.4. The minimum Gasteiger partial charge on any atom is -0.302 e. The Kier molecular flexibility index (Phi) is 4.12. The summed E-state index contributed by atoms with van der Waals surface area (Å²) in [6.07, 6.45) is 12.8. The highest BCUT2D eigenvalue weighted by atomic mass is 16.1. The predicted molar refractivity (Wildman–Crippen MR) is 60.2 cm³/mol. The highest BCUT2D eigenvalue weighted by Crippen LogP contribution is 2.33. The molecule has 1 nitrogen and oxygen atoms in total. The van der Waals surface area contributed by atoms with Gasteiger partial charge in [0.05, 0.1) is 0 Å². The summed E-state index contributed by atoms with van der Waals surface area (Å²) in [6, 6.07) is 0. The second kappa shape index (κ2) is 5.14. The molecule has 0 aromatic heterocycles. The summed E-state index contributed by atoms with van der Waals surface area (Å²) >= 11 is 0.